The molecule has 1 aromatic rings. The maximum atomic E-state index is 12.6. The molecule has 126 valence electrons. The summed E-state index contributed by atoms with van der Waals surface area (Å²) in [6.07, 6.45) is 7.97. The minimum absolute atomic E-state index is 0.310. The van der Waals surface area contributed by atoms with Crippen LogP contribution in [0.5, 0.6) is 0 Å². The number of carbonyl (C=O) groups excluding carboxylic acids is 1. The van der Waals surface area contributed by atoms with Gasteiger partial charge >= 0.3 is 0 Å². The number of anilines is 1. The van der Waals surface area contributed by atoms with E-state index in [1.54, 1.807) is 6.20 Å². The Morgan fingerprint density at radius 1 is 1.26 bits per heavy atom. The van der Waals surface area contributed by atoms with Gasteiger partial charge in [0.1, 0.15) is 0 Å². The monoisotopic (exact) mass is 317 g/mol. The van der Waals surface area contributed by atoms with Crippen LogP contribution in [-0.4, -0.2) is 58.4 Å². The van der Waals surface area contributed by atoms with Crippen LogP contribution in [0.3, 0.4) is 0 Å². The largest absolute Gasteiger partial charge is 0.368 e. The molecule has 2 aliphatic rings. The SMILES string of the molecule is CN1CCCC[C@@H]1CC(=O)N1CCC(c2ccnc(N)n2)CC1. The van der Waals surface area contributed by atoms with Crippen molar-refractivity contribution in [2.45, 2.75) is 50.5 Å². The number of nitrogen functional groups attached to an aromatic ring is 1. The Balaban J connectivity index is 1.51. The Labute approximate surface area is 138 Å². The fraction of sp³-hybridized carbons (Fsp3) is 0.706. The van der Waals surface area contributed by atoms with Crippen LogP contribution in [0.2, 0.25) is 0 Å². The smallest absolute Gasteiger partial charge is 0.224 e. The van der Waals surface area contributed by atoms with E-state index in [2.05, 4.69) is 21.9 Å². The molecule has 23 heavy (non-hydrogen) atoms. The molecule has 2 N–H and O–H groups in total. The zero-order chi connectivity index (χ0) is 16.2. The molecule has 1 amide bonds. The molecule has 0 saturated carbocycles. The molecule has 3 heterocycles. The standard InChI is InChI=1S/C17H27N5O/c1-21-9-3-2-4-14(21)12-16(23)22-10-6-13(7-11-22)15-5-8-19-17(18)20-15/h5,8,13-14H,2-4,6-7,9-12H2,1H3,(H2,18,19,20)/t14-/m1/s1. The summed E-state index contributed by atoms with van der Waals surface area (Å²) in [7, 11) is 2.14. The van der Waals surface area contributed by atoms with Crippen molar-refractivity contribution in [3.8, 4) is 0 Å². The molecule has 6 nitrogen and oxygen atoms in total. The molecule has 2 saturated heterocycles. The molecule has 0 aromatic carbocycles. The molecule has 0 radical (unpaired) electrons. The molecule has 2 aliphatic heterocycles. The second kappa shape index (κ2) is 7.25. The van der Waals surface area contributed by atoms with Gasteiger partial charge in [0.15, 0.2) is 0 Å². The van der Waals surface area contributed by atoms with E-state index < -0.39 is 0 Å². The average Bonchev–Trinajstić information content (AvgIpc) is 2.57. The first kappa shape index (κ1) is 16.2. The Morgan fingerprint density at radius 2 is 2.04 bits per heavy atom. The van der Waals surface area contributed by atoms with Gasteiger partial charge in [0, 0.05) is 43.4 Å². The van der Waals surface area contributed by atoms with Crippen LogP contribution in [0, 0.1) is 0 Å². The summed E-state index contributed by atoms with van der Waals surface area (Å²) in [6.45, 7) is 2.77. The summed E-state index contributed by atoms with van der Waals surface area (Å²) in [5, 5.41) is 0. The molecule has 0 unspecified atom stereocenters. The predicted octanol–water partition coefficient (Wildman–Crippen LogP) is 1.64. The van der Waals surface area contributed by atoms with E-state index in [0.29, 0.717) is 30.2 Å². The van der Waals surface area contributed by atoms with Gasteiger partial charge in [-0.25, -0.2) is 9.97 Å². The highest BCUT2D eigenvalue weighted by atomic mass is 16.2. The van der Waals surface area contributed by atoms with Crippen molar-refractivity contribution in [1.82, 2.24) is 19.8 Å². The Hall–Kier alpha value is -1.69. The minimum atomic E-state index is 0.310. The van der Waals surface area contributed by atoms with Gasteiger partial charge in [-0.2, -0.15) is 0 Å². The topological polar surface area (TPSA) is 75.4 Å². The van der Waals surface area contributed by atoms with Crippen LogP contribution in [0.15, 0.2) is 12.3 Å². The van der Waals surface area contributed by atoms with Crippen LogP contribution in [0.4, 0.5) is 5.95 Å². The lowest BCUT2D eigenvalue weighted by Crippen LogP contribution is -2.43. The van der Waals surface area contributed by atoms with Crippen molar-refractivity contribution in [2.75, 3.05) is 32.4 Å². The summed E-state index contributed by atoms with van der Waals surface area (Å²) < 4.78 is 0. The first-order valence-corrected chi connectivity index (χ1v) is 8.70. The molecule has 6 heteroatoms. The van der Waals surface area contributed by atoms with E-state index in [1.165, 1.54) is 12.8 Å². The summed E-state index contributed by atoms with van der Waals surface area (Å²) in [6, 6.07) is 2.37. The van der Waals surface area contributed by atoms with Crippen molar-refractivity contribution < 1.29 is 4.79 Å². The highest BCUT2D eigenvalue weighted by molar-refractivity contribution is 5.77. The fourth-order valence-electron chi connectivity index (χ4n) is 3.77. The molecule has 1 atom stereocenters. The van der Waals surface area contributed by atoms with Crippen LogP contribution >= 0.6 is 0 Å². The number of nitrogens with two attached hydrogens (primary N) is 1. The second-order valence-corrected chi connectivity index (χ2v) is 6.83. The van der Waals surface area contributed by atoms with E-state index in [1.807, 2.05) is 11.0 Å². The van der Waals surface area contributed by atoms with E-state index >= 15 is 0 Å². The minimum Gasteiger partial charge on any atom is -0.368 e. The van der Waals surface area contributed by atoms with E-state index in [-0.39, 0.29) is 0 Å². The first-order valence-electron chi connectivity index (χ1n) is 8.70. The van der Waals surface area contributed by atoms with Crippen LogP contribution < -0.4 is 5.73 Å². The number of hydrogen-bond donors (Lipinski definition) is 1. The van der Waals surface area contributed by atoms with E-state index in [9.17, 15) is 4.79 Å². The molecule has 2 fully saturated rings. The van der Waals surface area contributed by atoms with Crippen LogP contribution in [-0.2, 0) is 4.79 Å². The van der Waals surface area contributed by atoms with Crippen molar-refractivity contribution in [3.05, 3.63) is 18.0 Å². The van der Waals surface area contributed by atoms with E-state index in [4.69, 9.17) is 5.73 Å². The zero-order valence-electron chi connectivity index (χ0n) is 13.9. The average molecular weight is 317 g/mol. The third kappa shape index (κ3) is 3.99. The van der Waals surface area contributed by atoms with Gasteiger partial charge in [-0.05, 0) is 45.3 Å². The molecule has 0 bridgehead atoms. The maximum Gasteiger partial charge on any atom is 0.224 e. The number of rotatable bonds is 3. The van der Waals surface area contributed by atoms with Gasteiger partial charge in [-0.3, -0.25) is 4.79 Å². The number of likely N-dealkylation sites (tertiary alicyclic amines) is 2. The number of amides is 1. The molecular weight excluding hydrogens is 290 g/mol. The molecular formula is C17H27N5O. The summed E-state index contributed by atoms with van der Waals surface area (Å²) in [5.41, 5.74) is 6.68. The summed E-state index contributed by atoms with van der Waals surface area (Å²) in [5.74, 6) is 1.03. The van der Waals surface area contributed by atoms with Crippen molar-refractivity contribution in [3.63, 3.8) is 0 Å². The third-order valence-electron chi connectivity index (χ3n) is 5.29. The Kier molecular flexibility index (Phi) is 5.10. The number of hydrogen-bond acceptors (Lipinski definition) is 5. The van der Waals surface area contributed by atoms with E-state index in [0.717, 1.165) is 44.6 Å². The molecule has 1 aromatic heterocycles. The normalized spacial score (nSPS) is 23.9. The second-order valence-electron chi connectivity index (χ2n) is 6.83. The fourth-order valence-corrected chi connectivity index (χ4v) is 3.77. The van der Waals surface area contributed by atoms with Crippen molar-refractivity contribution in [1.29, 1.82) is 0 Å². The molecule has 0 spiro atoms. The highest BCUT2D eigenvalue weighted by Gasteiger charge is 2.28. The Morgan fingerprint density at radius 3 is 2.74 bits per heavy atom. The van der Waals surface area contributed by atoms with Crippen LogP contribution in [0.25, 0.3) is 0 Å². The lowest BCUT2D eigenvalue weighted by atomic mass is 9.92. The van der Waals surface area contributed by atoms with Crippen molar-refractivity contribution >= 4 is 11.9 Å². The predicted molar refractivity (Wildman–Crippen MR) is 89.9 cm³/mol. The van der Waals surface area contributed by atoms with Gasteiger partial charge in [0.2, 0.25) is 11.9 Å². The van der Waals surface area contributed by atoms with Gasteiger partial charge in [-0.1, -0.05) is 6.42 Å². The Bertz CT molecular complexity index is 542. The lowest BCUT2D eigenvalue weighted by Gasteiger charge is -2.36. The number of aromatic nitrogens is 2. The lowest BCUT2D eigenvalue weighted by molar-refractivity contribution is -0.133. The highest BCUT2D eigenvalue weighted by Crippen LogP contribution is 2.27. The molecule has 0 aliphatic carbocycles. The number of nitrogens with zero attached hydrogens (tertiary/aromatic N) is 4. The number of piperidine rings is 2. The van der Waals surface area contributed by atoms with Gasteiger partial charge in [-0.15, -0.1) is 0 Å². The zero-order valence-corrected chi connectivity index (χ0v) is 13.9. The third-order valence-corrected chi connectivity index (χ3v) is 5.29. The van der Waals surface area contributed by atoms with Crippen molar-refractivity contribution in [2.24, 2.45) is 0 Å². The number of carbonyl (C=O) groups is 1. The van der Waals surface area contributed by atoms with Gasteiger partial charge in [0.25, 0.3) is 0 Å². The first-order chi connectivity index (χ1) is 11.1. The van der Waals surface area contributed by atoms with Gasteiger partial charge in [0.05, 0.1) is 0 Å². The van der Waals surface area contributed by atoms with Gasteiger partial charge < -0.3 is 15.5 Å². The summed E-state index contributed by atoms with van der Waals surface area (Å²) in [4.78, 5) is 25.2. The van der Waals surface area contributed by atoms with Crippen LogP contribution in [0.1, 0.15) is 50.1 Å². The quantitative estimate of drug-likeness (QED) is 0.917. The summed E-state index contributed by atoms with van der Waals surface area (Å²) >= 11 is 0. The molecule has 3 rings (SSSR count). The maximum absolute atomic E-state index is 12.6.